The van der Waals surface area contributed by atoms with Crippen LogP contribution in [0.3, 0.4) is 0 Å². The Hall–Kier alpha value is -1.60. The molecule has 2 fully saturated rings. The van der Waals surface area contributed by atoms with Crippen LogP contribution in [0.2, 0.25) is 0 Å². The van der Waals surface area contributed by atoms with Gasteiger partial charge in [-0.15, -0.1) is 0 Å². The van der Waals surface area contributed by atoms with Gasteiger partial charge in [0.25, 0.3) is 0 Å². The second-order valence-electron chi connectivity index (χ2n) is 5.63. The highest BCUT2D eigenvalue weighted by Crippen LogP contribution is 2.31. The predicted octanol–water partition coefficient (Wildman–Crippen LogP) is 1.92. The highest BCUT2D eigenvalue weighted by atomic mass is 15.2. The molecule has 4 heteroatoms. The minimum absolute atomic E-state index is 0.512. The SMILES string of the molecule is N#Cc1cccc(N(CC2CC2)CC2CCCN2)n1. The fourth-order valence-electron chi connectivity index (χ4n) is 2.71. The van der Waals surface area contributed by atoms with Gasteiger partial charge in [0, 0.05) is 19.1 Å². The molecular weight excluding hydrogens is 236 g/mol. The molecule has 1 saturated carbocycles. The summed E-state index contributed by atoms with van der Waals surface area (Å²) in [4.78, 5) is 6.81. The number of aromatic nitrogens is 1. The standard InChI is InChI=1S/C15H20N4/c16-9-13-3-1-5-15(18-13)19(10-12-6-7-12)11-14-4-2-8-17-14/h1,3,5,12,14,17H,2,4,6-8,10-11H2. The van der Waals surface area contributed by atoms with Gasteiger partial charge in [-0.1, -0.05) is 6.07 Å². The Morgan fingerprint density at radius 3 is 2.89 bits per heavy atom. The Morgan fingerprint density at radius 1 is 1.32 bits per heavy atom. The number of nitrogens with one attached hydrogen (secondary N) is 1. The molecule has 3 rings (SSSR count). The smallest absolute Gasteiger partial charge is 0.142 e. The predicted molar refractivity (Wildman–Crippen MR) is 74.9 cm³/mol. The van der Waals surface area contributed by atoms with Gasteiger partial charge in [-0.2, -0.15) is 5.26 Å². The number of nitrogens with zero attached hydrogens (tertiary/aromatic N) is 3. The van der Waals surface area contributed by atoms with E-state index in [2.05, 4.69) is 21.3 Å². The van der Waals surface area contributed by atoms with Crippen molar-refractivity contribution in [2.75, 3.05) is 24.5 Å². The van der Waals surface area contributed by atoms with Crippen LogP contribution in [0.4, 0.5) is 5.82 Å². The molecule has 1 N–H and O–H groups in total. The molecule has 1 aliphatic carbocycles. The first-order valence-corrected chi connectivity index (χ1v) is 7.20. The summed E-state index contributed by atoms with van der Waals surface area (Å²) in [6, 6.07) is 8.44. The normalized spacial score (nSPS) is 22.2. The van der Waals surface area contributed by atoms with Crippen LogP contribution in [0.1, 0.15) is 31.4 Å². The van der Waals surface area contributed by atoms with E-state index in [1.165, 1.54) is 25.7 Å². The Labute approximate surface area is 114 Å². The van der Waals surface area contributed by atoms with Crippen LogP contribution in [-0.2, 0) is 0 Å². The third kappa shape index (κ3) is 3.24. The van der Waals surface area contributed by atoms with Crippen molar-refractivity contribution in [3.8, 4) is 6.07 Å². The Morgan fingerprint density at radius 2 is 2.21 bits per heavy atom. The second kappa shape index (κ2) is 5.58. The molecule has 19 heavy (non-hydrogen) atoms. The number of nitriles is 1. The molecule has 1 aliphatic heterocycles. The zero-order valence-electron chi connectivity index (χ0n) is 11.2. The van der Waals surface area contributed by atoms with Gasteiger partial charge in [0.05, 0.1) is 0 Å². The summed E-state index contributed by atoms with van der Waals surface area (Å²) >= 11 is 0. The number of hydrogen-bond acceptors (Lipinski definition) is 4. The fraction of sp³-hybridized carbons (Fsp3) is 0.600. The van der Waals surface area contributed by atoms with E-state index < -0.39 is 0 Å². The monoisotopic (exact) mass is 256 g/mol. The van der Waals surface area contributed by atoms with Crippen molar-refractivity contribution in [3.05, 3.63) is 23.9 Å². The van der Waals surface area contributed by atoms with E-state index in [1.807, 2.05) is 12.1 Å². The molecule has 0 amide bonds. The summed E-state index contributed by atoms with van der Waals surface area (Å²) < 4.78 is 0. The molecule has 100 valence electrons. The van der Waals surface area contributed by atoms with Crippen LogP contribution < -0.4 is 10.2 Å². The summed E-state index contributed by atoms with van der Waals surface area (Å²) in [7, 11) is 0. The van der Waals surface area contributed by atoms with E-state index in [0.29, 0.717) is 11.7 Å². The van der Waals surface area contributed by atoms with Crippen LogP contribution >= 0.6 is 0 Å². The number of anilines is 1. The first-order valence-electron chi connectivity index (χ1n) is 7.20. The van der Waals surface area contributed by atoms with Crippen molar-refractivity contribution in [3.63, 3.8) is 0 Å². The molecule has 0 aromatic carbocycles. The lowest BCUT2D eigenvalue weighted by atomic mass is 10.2. The average molecular weight is 256 g/mol. The van der Waals surface area contributed by atoms with E-state index >= 15 is 0 Å². The van der Waals surface area contributed by atoms with Crippen molar-refractivity contribution < 1.29 is 0 Å². The summed E-state index contributed by atoms with van der Waals surface area (Å²) in [6.45, 7) is 3.23. The highest BCUT2D eigenvalue weighted by Gasteiger charge is 2.27. The van der Waals surface area contributed by atoms with Crippen molar-refractivity contribution in [2.24, 2.45) is 5.92 Å². The molecular formula is C15H20N4. The topological polar surface area (TPSA) is 52.0 Å². The maximum Gasteiger partial charge on any atom is 0.142 e. The zero-order chi connectivity index (χ0) is 13.1. The Bertz CT molecular complexity index is 469. The van der Waals surface area contributed by atoms with E-state index in [1.54, 1.807) is 6.07 Å². The Kier molecular flexibility index (Phi) is 3.65. The Balaban J connectivity index is 1.74. The van der Waals surface area contributed by atoms with Gasteiger partial charge >= 0.3 is 0 Å². The lowest BCUT2D eigenvalue weighted by Crippen LogP contribution is -2.39. The third-order valence-electron chi connectivity index (χ3n) is 3.95. The van der Waals surface area contributed by atoms with Crippen LogP contribution in [0, 0.1) is 17.2 Å². The van der Waals surface area contributed by atoms with Gasteiger partial charge in [-0.3, -0.25) is 0 Å². The number of hydrogen-bond donors (Lipinski definition) is 1. The molecule has 1 atom stereocenters. The molecule has 1 aromatic rings. The van der Waals surface area contributed by atoms with Gasteiger partial charge in [-0.05, 0) is 50.3 Å². The van der Waals surface area contributed by atoms with E-state index in [9.17, 15) is 0 Å². The quantitative estimate of drug-likeness (QED) is 0.874. The first-order chi connectivity index (χ1) is 9.35. The van der Waals surface area contributed by atoms with Crippen molar-refractivity contribution in [1.29, 1.82) is 5.26 Å². The zero-order valence-corrected chi connectivity index (χ0v) is 11.2. The van der Waals surface area contributed by atoms with Crippen LogP contribution in [0.15, 0.2) is 18.2 Å². The maximum atomic E-state index is 8.98. The lowest BCUT2D eigenvalue weighted by molar-refractivity contribution is 0.567. The summed E-state index contributed by atoms with van der Waals surface area (Å²) in [6.07, 6.45) is 5.20. The van der Waals surface area contributed by atoms with Crippen molar-refractivity contribution in [1.82, 2.24) is 10.3 Å². The van der Waals surface area contributed by atoms with Gasteiger partial charge in [0.2, 0.25) is 0 Å². The van der Waals surface area contributed by atoms with Gasteiger partial charge in [-0.25, -0.2) is 4.98 Å². The molecule has 4 nitrogen and oxygen atoms in total. The molecule has 1 aromatic heterocycles. The summed E-state index contributed by atoms with van der Waals surface area (Å²) in [5.74, 6) is 1.79. The molecule has 0 radical (unpaired) electrons. The summed E-state index contributed by atoms with van der Waals surface area (Å²) in [5, 5.41) is 12.5. The molecule has 0 spiro atoms. The average Bonchev–Trinajstić information content (AvgIpc) is 3.12. The second-order valence-corrected chi connectivity index (χ2v) is 5.63. The minimum atomic E-state index is 0.512. The maximum absolute atomic E-state index is 8.98. The van der Waals surface area contributed by atoms with Gasteiger partial charge in [0.1, 0.15) is 17.6 Å². The minimum Gasteiger partial charge on any atom is -0.355 e. The fourth-order valence-corrected chi connectivity index (χ4v) is 2.71. The molecule has 0 bridgehead atoms. The third-order valence-corrected chi connectivity index (χ3v) is 3.95. The summed E-state index contributed by atoms with van der Waals surface area (Å²) in [5.41, 5.74) is 0.512. The van der Waals surface area contributed by atoms with Crippen LogP contribution in [-0.4, -0.2) is 30.7 Å². The highest BCUT2D eigenvalue weighted by molar-refractivity contribution is 5.42. The molecule has 1 saturated heterocycles. The molecule has 2 heterocycles. The number of pyridine rings is 1. The van der Waals surface area contributed by atoms with Gasteiger partial charge < -0.3 is 10.2 Å². The van der Waals surface area contributed by atoms with Gasteiger partial charge in [0.15, 0.2) is 0 Å². The van der Waals surface area contributed by atoms with E-state index in [-0.39, 0.29) is 0 Å². The van der Waals surface area contributed by atoms with Crippen LogP contribution in [0.25, 0.3) is 0 Å². The number of rotatable bonds is 5. The largest absolute Gasteiger partial charge is 0.355 e. The van der Waals surface area contributed by atoms with Crippen molar-refractivity contribution in [2.45, 2.75) is 31.7 Å². The van der Waals surface area contributed by atoms with Crippen LogP contribution in [0.5, 0.6) is 0 Å². The molecule has 1 unspecified atom stereocenters. The van der Waals surface area contributed by atoms with Crippen molar-refractivity contribution >= 4 is 5.82 Å². The van der Waals surface area contributed by atoms with E-state index in [4.69, 9.17) is 5.26 Å². The first kappa shape index (κ1) is 12.4. The molecule has 2 aliphatic rings. The lowest BCUT2D eigenvalue weighted by Gasteiger charge is -2.27. The van der Waals surface area contributed by atoms with E-state index in [0.717, 1.165) is 31.4 Å².